The molecule has 0 radical (unpaired) electrons. The summed E-state index contributed by atoms with van der Waals surface area (Å²) in [4.78, 5) is 41.1. The maximum absolute atomic E-state index is 12.5. The van der Waals surface area contributed by atoms with Crippen molar-refractivity contribution in [3.8, 4) is 0 Å². The lowest BCUT2D eigenvalue weighted by molar-refractivity contribution is -0.143. The minimum atomic E-state index is -0.304. The first-order valence-corrected chi connectivity index (χ1v) is 10.2. The topological polar surface area (TPSA) is 82.9 Å². The van der Waals surface area contributed by atoms with Gasteiger partial charge >= 0.3 is 0 Å². The van der Waals surface area contributed by atoms with E-state index in [2.05, 4.69) is 10.2 Å². The molecule has 0 aromatic carbocycles. The first kappa shape index (κ1) is 18.9. The number of hydrogen-bond donors (Lipinski definition) is 1. The third-order valence-electron chi connectivity index (χ3n) is 6.10. The summed E-state index contributed by atoms with van der Waals surface area (Å²) in [7, 11) is 0. The second-order valence-electron chi connectivity index (χ2n) is 7.85. The van der Waals surface area contributed by atoms with E-state index in [-0.39, 0.29) is 42.1 Å². The Morgan fingerprint density at radius 1 is 1.11 bits per heavy atom. The van der Waals surface area contributed by atoms with E-state index in [1.165, 1.54) is 6.42 Å². The predicted molar refractivity (Wildman–Crippen MR) is 102 cm³/mol. The fourth-order valence-corrected chi connectivity index (χ4v) is 4.56. The van der Waals surface area contributed by atoms with E-state index in [0.29, 0.717) is 19.4 Å². The number of allylic oxidation sites excluding steroid dienone is 2. The molecule has 28 heavy (non-hydrogen) atoms. The lowest BCUT2D eigenvalue weighted by Gasteiger charge is -2.33. The summed E-state index contributed by atoms with van der Waals surface area (Å²) >= 11 is 0. The van der Waals surface area contributed by atoms with Gasteiger partial charge in [0.25, 0.3) is 0 Å². The Balaban J connectivity index is 1.36. The molecule has 7 nitrogen and oxygen atoms in total. The molecule has 0 spiro atoms. The van der Waals surface area contributed by atoms with Crippen LogP contribution >= 0.6 is 0 Å². The highest BCUT2D eigenvalue weighted by Crippen LogP contribution is 2.34. The molecule has 2 aliphatic heterocycles. The number of fused-ring (bicyclic) bond motifs is 1. The van der Waals surface area contributed by atoms with Crippen LogP contribution in [0.15, 0.2) is 35.0 Å². The Labute approximate surface area is 164 Å². The van der Waals surface area contributed by atoms with E-state index in [0.717, 1.165) is 36.6 Å². The van der Waals surface area contributed by atoms with Crippen LogP contribution in [-0.4, -0.2) is 53.7 Å². The van der Waals surface area contributed by atoms with Gasteiger partial charge in [-0.05, 0) is 50.9 Å². The van der Waals surface area contributed by atoms with Crippen LogP contribution in [0.4, 0.5) is 0 Å². The van der Waals surface area contributed by atoms with Crippen LogP contribution in [0.2, 0.25) is 0 Å². The molecule has 3 atom stereocenters. The predicted octanol–water partition coefficient (Wildman–Crippen LogP) is 1.87. The van der Waals surface area contributed by atoms with E-state index in [4.69, 9.17) is 4.42 Å². The van der Waals surface area contributed by atoms with E-state index in [1.807, 2.05) is 24.3 Å². The lowest BCUT2D eigenvalue weighted by Crippen LogP contribution is -2.45. The molecule has 1 N–H and O–H groups in total. The van der Waals surface area contributed by atoms with Gasteiger partial charge < -0.3 is 9.73 Å². The Bertz CT molecular complexity index is 726. The summed E-state index contributed by atoms with van der Waals surface area (Å²) in [6.07, 6.45) is 10.2. The number of nitrogens with zero attached hydrogens (tertiary/aromatic N) is 2. The molecule has 1 aromatic heterocycles. The number of piperidine rings is 1. The quantitative estimate of drug-likeness (QED) is 0.597. The minimum absolute atomic E-state index is 0.0315. The highest BCUT2D eigenvalue weighted by molar-refractivity contribution is 6.07. The minimum Gasteiger partial charge on any atom is -0.468 e. The largest absolute Gasteiger partial charge is 0.468 e. The van der Waals surface area contributed by atoms with Crippen molar-refractivity contribution in [1.29, 1.82) is 0 Å². The van der Waals surface area contributed by atoms with Crippen molar-refractivity contribution >= 4 is 17.7 Å². The van der Waals surface area contributed by atoms with Crippen molar-refractivity contribution in [3.63, 3.8) is 0 Å². The smallest absolute Gasteiger partial charge is 0.240 e. The van der Waals surface area contributed by atoms with Gasteiger partial charge in [-0.2, -0.15) is 0 Å². The van der Waals surface area contributed by atoms with Gasteiger partial charge in [-0.25, -0.2) is 0 Å². The monoisotopic (exact) mass is 385 g/mol. The van der Waals surface area contributed by atoms with E-state index in [1.54, 1.807) is 6.26 Å². The Morgan fingerprint density at radius 3 is 2.39 bits per heavy atom. The first-order valence-electron chi connectivity index (χ1n) is 10.2. The molecule has 3 aliphatic rings. The number of imide groups is 1. The van der Waals surface area contributed by atoms with Crippen LogP contribution in [0, 0.1) is 11.8 Å². The van der Waals surface area contributed by atoms with Crippen molar-refractivity contribution in [1.82, 2.24) is 15.1 Å². The molecule has 2 saturated heterocycles. The highest BCUT2D eigenvalue weighted by Gasteiger charge is 2.47. The van der Waals surface area contributed by atoms with Gasteiger partial charge in [0.2, 0.25) is 17.7 Å². The summed E-state index contributed by atoms with van der Waals surface area (Å²) < 4.78 is 5.59. The number of hydrogen-bond acceptors (Lipinski definition) is 5. The SMILES string of the molecule is O=C(CN1C(=O)[C@@H]2CC=CC[C@H]2C1=O)NC[C@H](c1ccco1)N1CCCCC1. The summed E-state index contributed by atoms with van der Waals surface area (Å²) in [6, 6.07) is 3.75. The summed E-state index contributed by atoms with van der Waals surface area (Å²) in [6.45, 7) is 2.15. The van der Waals surface area contributed by atoms with Gasteiger partial charge in [-0.1, -0.05) is 18.6 Å². The molecule has 7 heteroatoms. The van der Waals surface area contributed by atoms with E-state index in [9.17, 15) is 14.4 Å². The average Bonchev–Trinajstić information content (AvgIpc) is 3.33. The molecule has 1 aromatic rings. The third kappa shape index (κ3) is 3.76. The van der Waals surface area contributed by atoms with Gasteiger partial charge in [0.05, 0.1) is 24.1 Å². The summed E-state index contributed by atoms with van der Waals surface area (Å²) in [5, 5.41) is 2.92. The normalized spacial score (nSPS) is 26.4. The van der Waals surface area contributed by atoms with Crippen molar-refractivity contribution < 1.29 is 18.8 Å². The molecule has 150 valence electrons. The molecule has 0 unspecified atom stereocenters. The number of carbonyl (C=O) groups excluding carboxylic acids is 3. The van der Waals surface area contributed by atoms with Gasteiger partial charge in [-0.3, -0.25) is 24.2 Å². The van der Waals surface area contributed by atoms with Crippen LogP contribution in [-0.2, 0) is 14.4 Å². The molecular formula is C21H27N3O4. The number of carbonyl (C=O) groups is 3. The fourth-order valence-electron chi connectivity index (χ4n) is 4.56. The molecular weight excluding hydrogens is 358 g/mol. The molecule has 3 heterocycles. The van der Waals surface area contributed by atoms with Crippen molar-refractivity contribution in [2.24, 2.45) is 11.8 Å². The number of furan rings is 1. The summed E-state index contributed by atoms with van der Waals surface area (Å²) in [5.74, 6) is -0.500. The van der Waals surface area contributed by atoms with Crippen LogP contribution in [0.3, 0.4) is 0 Å². The van der Waals surface area contributed by atoms with Crippen LogP contribution in [0.1, 0.15) is 43.9 Å². The number of amides is 3. The zero-order chi connectivity index (χ0) is 19.5. The standard InChI is InChI=1S/C21H27N3O4/c25-19(14-24-20(26)15-7-2-3-8-16(15)21(24)27)22-13-17(18-9-6-12-28-18)23-10-4-1-5-11-23/h2-3,6,9,12,15-17H,1,4-5,7-8,10-11,13-14H2,(H,22,25)/t15-,16-,17-/m1/s1. The van der Waals surface area contributed by atoms with Crippen molar-refractivity contribution in [2.45, 2.75) is 38.1 Å². The van der Waals surface area contributed by atoms with Gasteiger partial charge in [-0.15, -0.1) is 0 Å². The Morgan fingerprint density at radius 2 is 1.79 bits per heavy atom. The Hall–Kier alpha value is -2.41. The van der Waals surface area contributed by atoms with E-state index >= 15 is 0 Å². The number of nitrogens with one attached hydrogen (secondary N) is 1. The fraction of sp³-hybridized carbons (Fsp3) is 0.571. The number of likely N-dealkylation sites (tertiary alicyclic amines) is 2. The molecule has 4 rings (SSSR count). The average molecular weight is 385 g/mol. The molecule has 3 amide bonds. The zero-order valence-corrected chi connectivity index (χ0v) is 16.0. The van der Waals surface area contributed by atoms with Crippen LogP contribution in [0.25, 0.3) is 0 Å². The first-order chi connectivity index (χ1) is 13.6. The summed E-state index contributed by atoms with van der Waals surface area (Å²) in [5.41, 5.74) is 0. The van der Waals surface area contributed by atoms with E-state index < -0.39 is 0 Å². The van der Waals surface area contributed by atoms with Gasteiger partial charge in [0.1, 0.15) is 12.3 Å². The van der Waals surface area contributed by atoms with Gasteiger partial charge in [0.15, 0.2) is 0 Å². The zero-order valence-electron chi connectivity index (χ0n) is 16.0. The lowest BCUT2D eigenvalue weighted by atomic mass is 9.85. The second-order valence-corrected chi connectivity index (χ2v) is 7.85. The second kappa shape index (κ2) is 8.31. The van der Waals surface area contributed by atoms with Crippen LogP contribution < -0.4 is 5.32 Å². The third-order valence-corrected chi connectivity index (χ3v) is 6.10. The number of rotatable bonds is 6. The van der Waals surface area contributed by atoms with Crippen molar-refractivity contribution in [2.75, 3.05) is 26.2 Å². The van der Waals surface area contributed by atoms with Crippen molar-refractivity contribution in [3.05, 3.63) is 36.3 Å². The molecule has 2 fully saturated rings. The maximum Gasteiger partial charge on any atom is 0.240 e. The van der Waals surface area contributed by atoms with Crippen LogP contribution in [0.5, 0.6) is 0 Å². The van der Waals surface area contributed by atoms with Gasteiger partial charge in [0, 0.05) is 6.54 Å². The molecule has 0 saturated carbocycles. The molecule has 0 bridgehead atoms. The highest BCUT2D eigenvalue weighted by atomic mass is 16.3. The molecule has 1 aliphatic carbocycles. The Kier molecular flexibility index (Phi) is 5.62. The maximum atomic E-state index is 12.5.